The summed E-state index contributed by atoms with van der Waals surface area (Å²) in [5.74, 6) is -1.74. The van der Waals surface area contributed by atoms with E-state index in [0.717, 1.165) is 19.3 Å². The predicted molar refractivity (Wildman–Crippen MR) is 65.4 cm³/mol. The molecule has 0 fully saturated rings. The summed E-state index contributed by atoms with van der Waals surface area (Å²) in [5.41, 5.74) is 0. The lowest BCUT2D eigenvalue weighted by molar-refractivity contribution is -0.164. The van der Waals surface area contributed by atoms with Crippen molar-refractivity contribution in [2.24, 2.45) is 11.8 Å². The molecule has 0 amide bonds. The van der Waals surface area contributed by atoms with Gasteiger partial charge < -0.3 is 9.47 Å². The minimum absolute atomic E-state index is 0.0342. The highest BCUT2D eigenvalue weighted by Crippen LogP contribution is 2.21. The third-order valence-electron chi connectivity index (χ3n) is 2.66. The Bertz CT molecular complexity index is 220. The van der Waals surface area contributed by atoms with Crippen molar-refractivity contribution in [3.05, 3.63) is 0 Å². The molecule has 0 heterocycles. The fourth-order valence-electron chi connectivity index (χ4n) is 1.72. The first kappa shape index (κ1) is 15.9. The minimum Gasteiger partial charge on any atom is -0.465 e. The Labute approximate surface area is 104 Å². The van der Waals surface area contributed by atoms with Gasteiger partial charge in [0.2, 0.25) is 0 Å². The fraction of sp³-hybridized carbons (Fsp3) is 0.846. The molecule has 0 aromatic carbocycles. The molecular weight excluding hydrogens is 220 g/mol. The SMILES string of the molecule is CCCC[C@H](C)C(C(=O)OCC)C(=O)OCC. The number of unbranched alkanes of at least 4 members (excludes halogenated alkanes) is 1. The van der Waals surface area contributed by atoms with Gasteiger partial charge in [0.25, 0.3) is 0 Å². The first-order valence-electron chi connectivity index (χ1n) is 6.41. The fourth-order valence-corrected chi connectivity index (χ4v) is 1.72. The van der Waals surface area contributed by atoms with E-state index in [1.807, 2.05) is 6.92 Å². The van der Waals surface area contributed by atoms with Crippen molar-refractivity contribution in [1.82, 2.24) is 0 Å². The van der Waals surface area contributed by atoms with Crippen LogP contribution in [0.1, 0.15) is 47.0 Å². The molecule has 0 aromatic rings. The van der Waals surface area contributed by atoms with Crippen molar-refractivity contribution in [3.8, 4) is 0 Å². The van der Waals surface area contributed by atoms with Gasteiger partial charge in [0.1, 0.15) is 0 Å². The van der Waals surface area contributed by atoms with Crippen molar-refractivity contribution >= 4 is 11.9 Å². The Kier molecular flexibility index (Phi) is 8.46. The Morgan fingerprint density at radius 2 is 1.47 bits per heavy atom. The summed E-state index contributed by atoms with van der Waals surface area (Å²) in [6.45, 7) is 8.02. The number of carbonyl (C=O) groups is 2. The van der Waals surface area contributed by atoms with Crippen LogP contribution in [0.3, 0.4) is 0 Å². The lowest BCUT2D eigenvalue weighted by Gasteiger charge is -2.20. The smallest absolute Gasteiger partial charge is 0.320 e. The van der Waals surface area contributed by atoms with Gasteiger partial charge in [0, 0.05) is 0 Å². The Balaban J connectivity index is 4.58. The number of carbonyl (C=O) groups excluding carboxylic acids is 2. The van der Waals surface area contributed by atoms with E-state index in [1.165, 1.54) is 0 Å². The van der Waals surface area contributed by atoms with Gasteiger partial charge in [-0.3, -0.25) is 9.59 Å². The summed E-state index contributed by atoms with van der Waals surface area (Å²) in [7, 11) is 0. The van der Waals surface area contributed by atoms with Gasteiger partial charge in [0.15, 0.2) is 5.92 Å². The minimum atomic E-state index is -0.776. The lowest BCUT2D eigenvalue weighted by atomic mass is 9.89. The largest absolute Gasteiger partial charge is 0.465 e. The monoisotopic (exact) mass is 244 g/mol. The average Bonchev–Trinajstić information content (AvgIpc) is 2.27. The highest BCUT2D eigenvalue weighted by atomic mass is 16.6. The normalized spacial score (nSPS) is 12.3. The molecule has 4 nitrogen and oxygen atoms in total. The van der Waals surface area contributed by atoms with Gasteiger partial charge in [0.05, 0.1) is 13.2 Å². The molecule has 0 unspecified atom stereocenters. The molecule has 0 N–H and O–H groups in total. The highest BCUT2D eigenvalue weighted by Gasteiger charge is 2.34. The van der Waals surface area contributed by atoms with Crippen molar-refractivity contribution in [1.29, 1.82) is 0 Å². The standard InChI is InChI=1S/C13H24O4/c1-5-8-9-10(4)11(12(14)16-6-2)13(15)17-7-3/h10-11H,5-9H2,1-4H3/t10-/m0/s1. The van der Waals surface area contributed by atoms with E-state index in [9.17, 15) is 9.59 Å². The van der Waals surface area contributed by atoms with Gasteiger partial charge >= 0.3 is 11.9 Å². The summed E-state index contributed by atoms with van der Waals surface area (Å²) in [6, 6.07) is 0. The van der Waals surface area contributed by atoms with Crippen LogP contribution in [0.25, 0.3) is 0 Å². The van der Waals surface area contributed by atoms with Gasteiger partial charge in [-0.15, -0.1) is 0 Å². The second-order valence-corrected chi connectivity index (χ2v) is 4.10. The van der Waals surface area contributed by atoms with Gasteiger partial charge in [-0.25, -0.2) is 0 Å². The zero-order valence-corrected chi connectivity index (χ0v) is 11.3. The van der Waals surface area contributed by atoms with E-state index in [0.29, 0.717) is 0 Å². The summed E-state index contributed by atoms with van der Waals surface area (Å²) in [6.07, 6.45) is 2.87. The zero-order chi connectivity index (χ0) is 13.3. The third kappa shape index (κ3) is 5.71. The van der Waals surface area contributed by atoms with Crippen LogP contribution in [0.15, 0.2) is 0 Å². The van der Waals surface area contributed by atoms with Crippen LogP contribution in [0.5, 0.6) is 0 Å². The number of esters is 2. The Morgan fingerprint density at radius 3 is 1.82 bits per heavy atom. The third-order valence-corrected chi connectivity index (χ3v) is 2.66. The van der Waals surface area contributed by atoms with Crippen LogP contribution in [-0.4, -0.2) is 25.2 Å². The summed E-state index contributed by atoms with van der Waals surface area (Å²) < 4.78 is 9.87. The molecular formula is C13H24O4. The number of ether oxygens (including phenoxy) is 2. The van der Waals surface area contributed by atoms with Crippen LogP contribution in [0, 0.1) is 11.8 Å². The molecule has 0 aliphatic heterocycles. The quantitative estimate of drug-likeness (QED) is 0.486. The van der Waals surface area contributed by atoms with Crippen LogP contribution in [-0.2, 0) is 19.1 Å². The van der Waals surface area contributed by atoms with Crippen LogP contribution in [0.4, 0.5) is 0 Å². The second kappa shape index (κ2) is 9.02. The average molecular weight is 244 g/mol. The van der Waals surface area contributed by atoms with E-state index in [1.54, 1.807) is 13.8 Å². The molecule has 4 heteroatoms. The molecule has 0 rings (SSSR count). The summed E-state index contributed by atoms with van der Waals surface area (Å²) in [5, 5.41) is 0. The van der Waals surface area contributed by atoms with E-state index >= 15 is 0 Å². The van der Waals surface area contributed by atoms with Gasteiger partial charge in [-0.2, -0.15) is 0 Å². The maximum Gasteiger partial charge on any atom is 0.320 e. The molecule has 0 saturated heterocycles. The molecule has 0 aromatic heterocycles. The Hall–Kier alpha value is -1.06. The highest BCUT2D eigenvalue weighted by molar-refractivity contribution is 5.95. The summed E-state index contributed by atoms with van der Waals surface area (Å²) in [4.78, 5) is 23.5. The molecule has 17 heavy (non-hydrogen) atoms. The lowest BCUT2D eigenvalue weighted by Crippen LogP contribution is -2.33. The topological polar surface area (TPSA) is 52.6 Å². The number of hydrogen-bond donors (Lipinski definition) is 0. The molecule has 1 atom stereocenters. The molecule has 0 bridgehead atoms. The van der Waals surface area contributed by atoms with E-state index < -0.39 is 17.9 Å². The molecule has 0 aliphatic rings. The van der Waals surface area contributed by atoms with Gasteiger partial charge in [-0.05, 0) is 26.2 Å². The number of hydrogen-bond acceptors (Lipinski definition) is 4. The van der Waals surface area contributed by atoms with Crippen molar-refractivity contribution < 1.29 is 19.1 Å². The van der Waals surface area contributed by atoms with Crippen molar-refractivity contribution in [3.63, 3.8) is 0 Å². The van der Waals surface area contributed by atoms with Gasteiger partial charge in [-0.1, -0.05) is 26.7 Å². The van der Waals surface area contributed by atoms with Crippen LogP contribution in [0.2, 0.25) is 0 Å². The van der Waals surface area contributed by atoms with Crippen LogP contribution >= 0.6 is 0 Å². The first-order chi connectivity index (χ1) is 8.08. The molecule has 100 valence electrons. The van der Waals surface area contributed by atoms with E-state index in [2.05, 4.69) is 6.92 Å². The van der Waals surface area contributed by atoms with E-state index in [4.69, 9.17) is 9.47 Å². The molecule has 0 saturated carbocycles. The molecule has 0 radical (unpaired) electrons. The Morgan fingerprint density at radius 1 is 1.00 bits per heavy atom. The molecule has 0 aliphatic carbocycles. The molecule has 0 spiro atoms. The predicted octanol–water partition coefficient (Wildman–Crippen LogP) is 2.56. The van der Waals surface area contributed by atoms with Crippen molar-refractivity contribution in [2.45, 2.75) is 47.0 Å². The maximum atomic E-state index is 11.7. The zero-order valence-electron chi connectivity index (χ0n) is 11.3. The summed E-state index contributed by atoms with van der Waals surface area (Å²) >= 11 is 0. The number of rotatable bonds is 8. The van der Waals surface area contributed by atoms with Crippen LogP contribution < -0.4 is 0 Å². The second-order valence-electron chi connectivity index (χ2n) is 4.10. The van der Waals surface area contributed by atoms with Crippen molar-refractivity contribution in [2.75, 3.05) is 13.2 Å². The first-order valence-corrected chi connectivity index (χ1v) is 6.41. The maximum absolute atomic E-state index is 11.7. The van der Waals surface area contributed by atoms with E-state index in [-0.39, 0.29) is 19.1 Å².